The summed E-state index contributed by atoms with van der Waals surface area (Å²) in [6.07, 6.45) is 7.54. The van der Waals surface area contributed by atoms with E-state index in [2.05, 4.69) is 0 Å². The van der Waals surface area contributed by atoms with Crippen LogP contribution in [0.15, 0.2) is 58.4 Å². The van der Waals surface area contributed by atoms with Crippen LogP contribution in [-0.4, -0.2) is 36.2 Å². The van der Waals surface area contributed by atoms with Crippen LogP contribution in [0.25, 0.3) is 6.08 Å². The molecule has 2 aromatic rings. The maximum Gasteiger partial charge on any atom is 0.267 e. The minimum atomic E-state index is 0.0383. The summed E-state index contributed by atoms with van der Waals surface area (Å²) in [6.45, 7) is 0. The van der Waals surface area contributed by atoms with Crippen molar-refractivity contribution in [1.82, 2.24) is 4.90 Å². The average molecular weight is 423 g/mol. The fourth-order valence-electron chi connectivity index (χ4n) is 3.93. The van der Waals surface area contributed by atoms with E-state index in [1.807, 2.05) is 59.5 Å². The second-order valence-electron chi connectivity index (χ2n) is 7.42. The molecule has 2 aromatic carbocycles. The van der Waals surface area contributed by atoms with Crippen molar-refractivity contribution < 1.29 is 14.3 Å². The van der Waals surface area contributed by atoms with Crippen molar-refractivity contribution in [3.63, 3.8) is 0 Å². The molecule has 1 aliphatic carbocycles. The van der Waals surface area contributed by atoms with Crippen molar-refractivity contribution in [3.05, 3.63) is 59.0 Å². The molecular formula is C24H26N2O3S. The van der Waals surface area contributed by atoms with Crippen LogP contribution in [0.4, 0.5) is 5.69 Å². The summed E-state index contributed by atoms with van der Waals surface area (Å²) in [4.78, 5) is 20.8. The van der Waals surface area contributed by atoms with E-state index < -0.39 is 0 Å². The van der Waals surface area contributed by atoms with Crippen LogP contribution in [0.5, 0.6) is 11.5 Å². The Kier molecular flexibility index (Phi) is 6.43. The molecule has 0 spiro atoms. The highest BCUT2D eigenvalue weighted by atomic mass is 32.2. The molecule has 2 fully saturated rings. The molecule has 6 heteroatoms. The summed E-state index contributed by atoms with van der Waals surface area (Å²) in [5.74, 6) is 1.35. The largest absolute Gasteiger partial charge is 0.493 e. The van der Waals surface area contributed by atoms with E-state index in [4.69, 9.17) is 14.5 Å². The summed E-state index contributed by atoms with van der Waals surface area (Å²) in [6, 6.07) is 15.7. The standard InChI is InChI=1S/C24H26N2O3S/c1-28-20-14-13-17(15-21(20)29-2)16-22-23(27)26(19-11-7-4-8-12-19)24(30-22)25-18-9-5-3-6-10-18/h3,5-6,9-10,13-16,19H,4,7-8,11-12H2,1-2H3/b22-16-,25-24?. The number of nitrogens with zero attached hydrogens (tertiary/aromatic N) is 2. The molecule has 156 valence electrons. The second kappa shape index (κ2) is 9.39. The predicted molar refractivity (Wildman–Crippen MR) is 122 cm³/mol. The Bertz CT molecular complexity index is 966. The Labute approximate surface area is 181 Å². The number of carbonyl (C=O) groups excluding carboxylic acids is 1. The van der Waals surface area contributed by atoms with Gasteiger partial charge in [-0.2, -0.15) is 0 Å². The number of methoxy groups -OCH3 is 2. The Hall–Kier alpha value is -2.73. The molecule has 0 N–H and O–H groups in total. The fraction of sp³-hybridized carbons (Fsp3) is 0.333. The molecule has 1 saturated carbocycles. The Morgan fingerprint density at radius 2 is 1.73 bits per heavy atom. The maximum atomic E-state index is 13.4. The predicted octanol–water partition coefficient (Wildman–Crippen LogP) is 5.64. The number of benzene rings is 2. The lowest BCUT2D eigenvalue weighted by molar-refractivity contribution is -0.124. The van der Waals surface area contributed by atoms with Crippen LogP contribution in [0.1, 0.15) is 37.7 Å². The number of para-hydroxylation sites is 1. The molecule has 1 heterocycles. The maximum absolute atomic E-state index is 13.4. The van der Waals surface area contributed by atoms with Gasteiger partial charge in [-0.05, 0) is 60.5 Å². The molecule has 1 amide bonds. The second-order valence-corrected chi connectivity index (χ2v) is 8.43. The van der Waals surface area contributed by atoms with Crippen LogP contribution >= 0.6 is 11.8 Å². The topological polar surface area (TPSA) is 51.1 Å². The molecule has 30 heavy (non-hydrogen) atoms. The van der Waals surface area contributed by atoms with Gasteiger partial charge in [0.25, 0.3) is 5.91 Å². The number of thioether (sulfide) groups is 1. The van der Waals surface area contributed by atoms with Crippen molar-refractivity contribution in [2.24, 2.45) is 4.99 Å². The zero-order valence-electron chi connectivity index (χ0n) is 17.3. The summed E-state index contributed by atoms with van der Waals surface area (Å²) < 4.78 is 10.7. The molecule has 0 bridgehead atoms. The number of amidine groups is 1. The van der Waals surface area contributed by atoms with E-state index in [-0.39, 0.29) is 11.9 Å². The third-order valence-electron chi connectivity index (χ3n) is 5.46. The number of carbonyl (C=O) groups is 1. The minimum absolute atomic E-state index is 0.0383. The molecule has 0 aromatic heterocycles. The third-order valence-corrected chi connectivity index (χ3v) is 6.45. The molecular weight excluding hydrogens is 396 g/mol. The van der Waals surface area contributed by atoms with Gasteiger partial charge in [0.05, 0.1) is 24.8 Å². The lowest BCUT2D eigenvalue weighted by Gasteiger charge is -2.30. The Morgan fingerprint density at radius 1 is 1.00 bits per heavy atom. The molecule has 0 unspecified atom stereocenters. The van der Waals surface area contributed by atoms with Gasteiger partial charge in [0.15, 0.2) is 16.7 Å². The van der Waals surface area contributed by atoms with Crippen molar-refractivity contribution in [1.29, 1.82) is 0 Å². The molecule has 0 atom stereocenters. The van der Waals surface area contributed by atoms with Crippen molar-refractivity contribution in [2.75, 3.05) is 14.2 Å². The van der Waals surface area contributed by atoms with E-state index in [1.165, 1.54) is 18.2 Å². The fourth-order valence-corrected chi connectivity index (χ4v) is 4.99. The Balaban J connectivity index is 1.69. The summed E-state index contributed by atoms with van der Waals surface area (Å²) in [5, 5.41) is 0.768. The quantitative estimate of drug-likeness (QED) is 0.585. The number of hydrogen-bond donors (Lipinski definition) is 0. The Morgan fingerprint density at radius 3 is 2.43 bits per heavy atom. The van der Waals surface area contributed by atoms with Gasteiger partial charge in [-0.15, -0.1) is 0 Å². The summed E-state index contributed by atoms with van der Waals surface area (Å²) in [7, 11) is 3.22. The first-order valence-corrected chi connectivity index (χ1v) is 11.1. The van der Waals surface area contributed by atoms with E-state index in [0.29, 0.717) is 16.4 Å². The molecule has 2 aliphatic rings. The number of ether oxygens (including phenoxy) is 2. The van der Waals surface area contributed by atoms with Gasteiger partial charge < -0.3 is 9.47 Å². The van der Waals surface area contributed by atoms with Gasteiger partial charge in [0, 0.05) is 6.04 Å². The van der Waals surface area contributed by atoms with Gasteiger partial charge >= 0.3 is 0 Å². The van der Waals surface area contributed by atoms with Gasteiger partial charge in [-0.25, -0.2) is 4.99 Å². The molecule has 1 aliphatic heterocycles. The molecule has 0 radical (unpaired) electrons. The minimum Gasteiger partial charge on any atom is -0.493 e. The number of aliphatic imine (C=N–C) groups is 1. The summed E-state index contributed by atoms with van der Waals surface area (Å²) >= 11 is 1.45. The normalized spacial score (nSPS) is 20.2. The summed E-state index contributed by atoms with van der Waals surface area (Å²) in [5.41, 5.74) is 1.76. The first-order valence-electron chi connectivity index (χ1n) is 10.3. The van der Waals surface area contributed by atoms with E-state index in [9.17, 15) is 4.79 Å². The smallest absolute Gasteiger partial charge is 0.267 e. The van der Waals surface area contributed by atoms with Crippen LogP contribution in [-0.2, 0) is 4.79 Å². The lowest BCUT2D eigenvalue weighted by Crippen LogP contribution is -2.40. The molecule has 4 rings (SSSR count). The van der Waals surface area contributed by atoms with Crippen molar-refractivity contribution in [2.45, 2.75) is 38.1 Å². The van der Waals surface area contributed by atoms with Crippen LogP contribution in [0, 0.1) is 0 Å². The monoisotopic (exact) mass is 422 g/mol. The SMILES string of the molecule is COc1ccc(/C=C2\SC(=Nc3ccccc3)N(C3CCCCC3)C2=O)cc1OC. The van der Waals surface area contributed by atoms with Gasteiger partial charge in [-0.3, -0.25) is 9.69 Å². The number of amides is 1. The van der Waals surface area contributed by atoms with Crippen molar-refractivity contribution in [3.8, 4) is 11.5 Å². The first-order chi connectivity index (χ1) is 14.7. The lowest BCUT2D eigenvalue weighted by atomic mass is 9.94. The average Bonchev–Trinajstić information content (AvgIpc) is 3.09. The highest BCUT2D eigenvalue weighted by Gasteiger charge is 2.38. The number of rotatable bonds is 5. The third kappa shape index (κ3) is 4.38. The highest BCUT2D eigenvalue weighted by Crippen LogP contribution is 2.39. The molecule has 1 saturated heterocycles. The number of hydrogen-bond acceptors (Lipinski definition) is 5. The first kappa shape index (κ1) is 20.5. The zero-order valence-corrected chi connectivity index (χ0v) is 18.2. The van der Waals surface area contributed by atoms with Gasteiger partial charge in [-0.1, -0.05) is 43.5 Å². The van der Waals surface area contributed by atoms with E-state index in [1.54, 1.807) is 14.2 Å². The van der Waals surface area contributed by atoms with Crippen LogP contribution < -0.4 is 9.47 Å². The van der Waals surface area contributed by atoms with Crippen LogP contribution in [0.2, 0.25) is 0 Å². The van der Waals surface area contributed by atoms with Crippen LogP contribution in [0.3, 0.4) is 0 Å². The molecule has 5 nitrogen and oxygen atoms in total. The highest BCUT2D eigenvalue weighted by molar-refractivity contribution is 8.18. The van der Waals surface area contributed by atoms with E-state index >= 15 is 0 Å². The zero-order chi connectivity index (χ0) is 20.9. The van der Waals surface area contributed by atoms with Gasteiger partial charge in [0.2, 0.25) is 0 Å². The van der Waals surface area contributed by atoms with Gasteiger partial charge in [0.1, 0.15) is 0 Å². The van der Waals surface area contributed by atoms with E-state index in [0.717, 1.165) is 42.1 Å². The van der Waals surface area contributed by atoms with Crippen molar-refractivity contribution >= 4 is 34.6 Å².